The van der Waals surface area contributed by atoms with Gasteiger partial charge in [0.15, 0.2) is 5.96 Å². The Morgan fingerprint density at radius 2 is 2.09 bits per heavy atom. The van der Waals surface area contributed by atoms with Gasteiger partial charge in [0, 0.05) is 25.4 Å². The Morgan fingerprint density at radius 3 is 2.83 bits per heavy atom. The van der Waals surface area contributed by atoms with Gasteiger partial charge in [-0.2, -0.15) is 0 Å². The van der Waals surface area contributed by atoms with Gasteiger partial charge in [-0.3, -0.25) is 0 Å². The lowest BCUT2D eigenvalue weighted by Gasteiger charge is -2.11. The molecule has 5 nitrogen and oxygen atoms in total. The van der Waals surface area contributed by atoms with E-state index >= 15 is 0 Å². The summed E-state index contributed by atoms with van der Waals surface area (Å²) in [5.41, 5.74) is 1.86. The maximum Gasteiger partial charge on any atom is 0.213 e. The number of hydrogen-bond donors (Lipinski definition) is 2. The Balaban J connectivity index is 1.98. The number of aromatic nitrogens is 1. The van der Waals surface area contributed by atoms with Gasteiger partial charge >= 0.3 is 0 Å². The molecule has 0 aliphatic rings. The maximum absolute atomic E-state index is 13.2. The number of ether oxygens (including phenoxy) is 1. The molecule has 122 valence electrons. The lowest BCUT2D eigenvalue weighted by molar-refractivity contribution is 0.397. The predicted octanol–water partition coefficient (Wildman–Crippen LogP) is 2.48. The van der Waals surface area contributed by atoms with Crippen LogP contribution >= 0.6 is 0 Å². The standard InChI is InChI=1S/C17H21FN4O/c1-3-19-17(21-11-13-5-4-6-15(18)9-13)22-12-14-7-8-20-16(10-14)23-2/h4-10H,3,11-12H2,1-2H3,(H2,19,21,22). The molecule has 1 heterocycles. The Kier molecular flexibility index (Phi) is 6.35. The maximum atomic E-state index is 13.2. The molecule has 0 aliphatic carbocycles. The molecule has 0 radical (unpaired) electrons. The molecule has 0 spiro atoms. The average Bonchev–Trinajstić information content (AvgIpc) is 2.57. The van der Waals surface area contributed by atoms with Gasteiger partial charge in [-0.15, -0.1) is 0 Å². The minimum atomic E-state index is -0.250. The number of nitrogens with zero attached hydrogens (tertiary/aromatic N) is 2. The van der Waals surface area contributed by atoms with Crippen LogP contribution in [0.4, 0.5) is 4.39 Å². The van der Waals surface area contributed by atoms with Gasteiger partial charge < -0.3 is 15.4 Å². The molecule has 0 saturated heterocycles. The molecule has 2 N–H and O–H groups in total. The Labute approximate surface area is 135 Å². The summed E-state index contributed by atoms with van der Waals surface area (Å²) in [4.78, 5) is 8.54. The summed E-state index contributed by atoms with van der Waals surface area (Å²) in [6, 6.07) is 10.2. The van der Waals surface area contributed by atoms with Crippen molar-refractivity contribution in [3.63, 3.8) is 0 Å². The Hall–Kier alpha value is -2.63. The zero-order valence-corrected chi connectivity index (χ0v) is 13.3. The number of methoxy groups -OCH3 is 1. The summed E-state index contributed by atoms with van der Waals surface area (Å²) in [7, 11) is 1.59. The lowest BCUT2D eigenvalue weighted by atomic mass is 10.2. The van der Waals surface area contributed by atoms with Crippen LogP contribution in [0.5, 0.6) is 5.88 Å². The molecule has 2 aromatic rings. The zero-order chi connectivity index (χ0) is 16.5. The summed E-state index contributed by atoms with van der Waals surface area (Å²) in [5.74, 6) is 0.998. The first-order valence-corrected chi connectivity index (χ1v) is 7.47. The minimum absolute atomic E-state index is 0.250. The van der Waals surface area contributed by atoms with Crippen LogP contribution in [0, 0.1) is 5.82 Å². The molecule has 1 aromatic carbocycles. The second-order valence-corrected chi connectivity index (χ2v) is 4.89. The van der Waals surface area contributed by atoms with Crippen molar-refractivity contribution in [1.29, 1.82) is 0 Å². The van der Waals surface area contributed by atoms with E-state index in [9.17, 15) is 4.39 Å². The lowest BCUT2D eigenvalue weighted by Crippen LogP contribution is -2.36. The second-order valence-electron chi connectivity index (χ2n) is 4.89. The van der Waals surface area contributed by atoms with Crippen LogP contribution in [-0.4, -0.2) is 24.6 Å². The van der Waals surface area contributed by atoms with Crippen molar-refractivity contribution in [3.05, 3.63) is 59.5 Å². The van der Waals surface area contributed by atoms with Crippen molar-refractivity contribution >= 4 is 5.96 Å². The molecule has 0 saturated carbocycles. The quantitative estimate of drug-likeness (QED) is 0.635. The van der Waals surface area contributed by atoms with E-state index < -0.39 is 0 Å². The highest BCUT2D eigenvalue weighted by Gasteiger charge is 2.01. The summed E-state index contributed by atoms with van der Waals surface area (Å²) in [6.45, 7) is 3.74. The van der Waals surface area contributed by atoms with Crippen LogP contribution in [0.1, 0.15) is 18.1 Å². The van der Waals surface area contributed by atoms with E-state index in [-0.39, 0.29) is 5.82 Å². The van der Waals surface area contributed by atoms with Crippen LogP contribution in [0.15, 0.2) is 47.6 Å². The van der Waals surface area contributed by atoms with Crippen LogP contribution in [0.3, 0.4) is 0 Å². The normalized spacial score (nSPS) is 11.2. The van der Waals surface area contributed by atoms with Crippen LogP contribution < -0.4 is 15.4 Å². The minimum Gasteiger partial charge on any atom is -0.481 e. The Bertz CT molecular complexity index is 661. The first kappa shape index (κ1) is 16.7. The highest BCUT2D eigenvalue weighted by Crippen LogP contribution is 2.08. The van der Waals surface area contributed by atoms with Gasteiger partial charge in [0.05, 0.1) is 13.7 Å². The second kappa shape index (κ2) is 8.73. The summed E-state index contributed by atoms with van der Waals surface area (Å²) in [5, 5.41) is 6.40. The third-order valence-electron chi connectivity index (χ3n) is 3.12. The van der Waals surface area contributed by atoms with Gasteiger partial charge in [-0.25, -0.2) is 14.4 Å². The number of halogens is 1. The number of pyridine rings is 1. The fraction of sp³-hybridized carbons (Fsp3) is 0.294. The molecule has 0 amide bonds. The number of guanidine groups is 1. The fourth-order valence-electron chi connectivity index (χ4n) is 2.01. The molecular formula is C17H21FN4O. The predicted molar refractivity (Wildman–Crippen MR) is 88.8 cm³/mol. The van der Waals surface area contributed by atoms with E-state index in [1.807, 2.05) is 25.1 Å². The van der Waals surface area contributed by atoms with E-state index in [1.54, 1.807) is 19.4 Å². The van der Waals surface area contributed by atoms with Crippen LogP contribution in [0.2, 0.25) is 0 Å². The third-order valence-corrected chi connectivity index (χ3v) is 3.12. The molecule has 2 rings (SSSR count). The first-order chi connectivity index (χ1) is 11.2. The van der Waals surface area contributed by atoms with Crippen molar-refractivity contribution < 1.29 is 9.13 Å². The molecule has 0 unspecified atom stereocenters. The Morgan fingerprint density at radius 1 is 1.22 bits per heavy atom. The summed E-state index contributed by atoms with van der Waals surface area (Å²) >= 11 is 0. The highest BCUT2D eigenvalue weighted by molar-refractivity contribution is 5.79. The molecule has 6 heteroatoms. The fourth-order valence-corrected chi connectivity index (χ4v) is 2.01. The number of hydrogen-bond acceptors (Lipinski definition) is 3. The zero-order valence-electron chi connectivity index (χ0n) is 13.3. The van der Waals surface area contributed by atoms with Gasteiger partial charge in [-0.05, 0) is 36.2 Å². The largest absolute Gasteiger partial charge is 0.481 e. The van der Waals surface area contributed by atoms with E-state index in [0.29, 0.717) is 24.9 Å². The molecular weight excluding hydrogens is 295 g/mol. The molecule has 1 aromatic heterocycles. The van der Waals surface area contributed by atoms with Gasteiger partial charge in [0.25, 0.3) is 0 Å². The number of benzene rings is 1. The van der Waals surface area contributed by atoms with E-state index in [0.717, 1.165) is 17.7 Å². The monoisotopic (exact) mass is 316 g/mol. The average molecular weight is 316 g/mol. The number of aliphatic imine (C=N–C) groups is 1. The molecule has 0 aliphatic heterocycles. The van der Waals surface area contributed by atoms with Crippen molar-refractivity contribution in [2.45, 2.75) is 20.0 Å². The molecule has 0 atom stereocenters. The van der Waals surface area contributed by atoms with Gasteiger partial charge in [0.1, 0.15) is 5.82 Å². The summed E-state index contributed by atoms with van der Waals surface area (Å²) in [6.07, 6.45) is 1.70. The highest BCUT2D eigenvalue weighted by atomic mass is 19.1. The van der Waals surface area contributed by atoms with E-state index in [4.69, 9.17) is 4.74 Å². The summed E-state index contributed by atoms with van der Waals surface area (Å²) < 4.78 is 18.3. The van der Waals surface area contributed by atoms with Gasteiger partial charge in [0.2, 0.25) is 5.88 Å². The topological polar surface area (TPSA) is 58.5 Å². The third kappa shape index (κ3) is 5.58. The van der Waals surface area contributed by atoms with Gasteiger partial charge in [-0.1, -0.05) is 12.1 Å². The molecule has 23 heavy (non-hydrogen) atoms. The number of rotatable bonds is 6. The number of nitrogens with one attached hydrogen (secondary N) is 2. The van der Waals surface area contributed by atoms with E-state index in [1.165, 1.54) is 12.1 Å². The smallest absolute Gasteiger partial charge is 0.213 e. The molecule has 0 fully saturated rings. The SMILES string of the molecule is CCNC(=NCc1cccc(F)c1)NCc1ccnc(OC)c1. The van der Waals surface area contributed by atoms with Crippen molar-refractivity contribution in [3.8, 4) is 5.88 Å². The van der Waals surface area contributed by atoms with Crippen LogP contribution in [0.25, 0.3) is 0 Å². The molecule has 0 bridgehead atoms. The van der Waals surface area contributed by atoms with Crippen molar-refractivity contribution in [2.75, 3.05) is 13.7 Å². The van der Waals surface area contributed by atoms with E-state index in [2.05, 4.69) is 20.6 Å². The van der Waals surface area contributed by atoms with Crippen molar-refractivity contribution in [1.82, 2.24) is 15.6 Å². The van der Waals surface area contributed by atoms with Crippen LogP contribution in [-0.2, 0) is 13.1 Å². The first-order valence-electron chi connectivity index (χ1n) is 7.47. The van der Waals surface area contributed by atoms with Crippen molar-refractivity contribution in [2.24, 2.45) is 4.99 Å².